The molecule has 0 fully saturated rings. The standard InChI is InChI=1S/C11H10O4/c12-6-2-4-9-3-1-5-10(7-9)15-8-11(13)14/h1-7H,8H2,(H,13,14)/b4-2+. The van der Waals surface area contributed by atoms with Crippen LogP contribution in [0.3, 0.4) is 0 Å². The molecule has 0 saturated heterocycles. The van der Waals surface area contributed by atoms with Gasteiger partial charge in [0.15, 0.2) is 6.61 Å². The van der Waals surface area contributed by atoms with Crippen LogP contribution < -0.4 is 4.74 Å². The van der Waals surface area contributed by atoms with Crippen molar-refractivity contribution in [3.8, 4) is 5.75 Å². The maximum atomic E-state index is 10.2. The molecule has 1 N–H and O–H groups in total. The second-order valence-corrected chi connectivity index (χ2v) is 2.75. The summed E-state index contributed by atoms with van der Waals surface area (Å²) in [6.07, 6.45) is 3.64. The van der Waals surface area contributed by atoms with E-state index in [0.717, 1.165) is 5.56 Å². The van der Waals surface area contributed by atoms with E-state index in [4.69, 9.17) is 9.84 Å². The Bertz CT molecular complexity index is 382. The molecule has 0 amide bonds. The second-order valence-electron chi connectivity index (χ2n) is 2.75. The smallest absolute Gasteiger partial charge is 0.341 e. The van der Waals surface area contributed by atoms with E-state index in [9.17, 15) is 9.59 Å². The van der Waals surface area contributed by atoms with Gasteiger partial charge in [-0.3, -0.25) is 4.79 Å². The first-order valence-electron chi connectivity index (χ1n) is 4.29. The van der Waals surface area contributed by atoms with E-state index in [1.54, 1.807) is 30.3 Å². The van der Waals surface area contributed by atoms with Crippen LogP contribution in [-0.2, 0) is 9.59 Å². The summed E-state index contributed by atoms with van der Waals surface area (Å²) in [5, 5.41) is 8.40. The predicted octanol–water partition coefficient (Wildman–Crippen LogP) is 1.36. The summed E-state index contributed by atoms with van der Waals surface area (Å²) in [5.74, 6) is -0.561. The molecule has 1 aromatic carbocycles. The van der Waals surface area contributed by atoms with Gasteiger partial charge in [-0.25, -0.2) is 4.79 Å². The first-order chi connectivity index (χ1) is 7.22. The number of hydrogen-bond acceptors (Lipinski definition) is 3. The van der Waals surface area contributed by atoms with Gasteiger partial charge in [0.05, 0.1) is 0 Å². The van der Waals surface area contributed by atoms with Crippen LogP contribution in [-0.4, -0.2) is 24.0 Å². The molecule has 15 heavy (non-hydrogen) atoms. The fourth-order valence-electron chi connectivity index (χ4n) is 1.00. The minimum atomic E-state index is -1.02. The maximum Gasteiger partial charge on any atom is 0.341 e. The van der Waals surface area contributed by atoms with Crippen molar-refractivity contribution in [3.05, 3.63) is 35.9 Å². The van der Waals surface area contributed by atoms with Gasteiger partial charge < -0.3 is 9.84 Å². The number of carboxylic acids is 1. The summed E-state index contributed by atoms with van der Waals surface area (Å²) in [6, 6.07) is 6.82. The predicted molar refractivity (Wildman–Crippen MR) is 54.7 cm³/mol. The number of aliphatic carboxylic acids is 1. The van der Waals surface area contributed by atoms with Crippen LogP contribution in [0.1, 0.15) is 5.56 Å². The molecule has 0 aliphatic heterocycles. The van der Waals surface area contributed by atoms with E-state index < -0.39 is 5.97 Å². The molecule has 0 aliphatic rings. The lowest BCUT2D eigenvalue weighted by atomic mass is 10.2. The first kappa shape index (κ1) is 11.0. The minimum absolute atomic E-state index is 0.374. The number of aldehydes is 1. The third-order valence-electron chi connectivity index (χ3n) is 1.59. The third kappa shape index (κ3) is 4.08. The molecule has 0 aromatic heterocycles. The summed E-state index contributed by atoms with van der Waals surface area (Å²) in [5.41, 5.74) is 0.782. The zero-order valence-corrected chi connectivity index (χ0v) is 7.92. The number of rotatable bonds is 5. The van der Waals surface area contributed by atoms with Crippen molar-refractivity contribution in [2.45, 2.75) is 0 Å². The van der Waals surface area contributed by atoms with Crippen molar-refractivity contribution in [1.29, 1.82) is 0 Å². The van der Waals surface area contributed by atoms with Crippen LogP contribution in [0, 0.1) is 0 Å². The van der Waals surface area contributed by atoms with Crippen molar-refractivity contribution < 1.29 is 19.4 Å². The van der Waals surface area contributed by atoms with Gasteiger partial charge in [-0.05, 0) is 23.8 Å². The fraction of sp³-hybridized carbons (Fsp3) is 0.0909. The molecule has 4 heteroatoms. The van der Waals surface area contributed by atoms with Crippen molar-refractivity contribution in [1.82, 2.24) is 0 Å². The highest BCUT2D eigenvalue weighted by Gasteiger charge is 1.98. The zero-order valence-electron chi connectivity index (χ0n) is 7.92. The largest absolute Gasteiger partial charge is 0.482 e. The Labute approximate surface area is 86.8 Å². The molecule has 4 nitrogen and oxygen atoms in total. The van der Waals surface area contributed by atoms with Gasteiger partial charge >= 0.3 is 5.97 Å². The molecule has 0 spiro atoms. The average Bonchev–Trinajstić information content (AvgIpc) is 2.24. The van der Waals surface area contributed by atoms with Crippen LogP contribution in [0.25, 0.3) is 6.08 Å². The molecule has 0 radical (unpaired) electrons. The number of carbonyl (C=O) groups excluding carboxylic acids is 1. The Balaban J connectivity index is 2.69. The van der Waals surface area contributed by atoms with E-state index in [1.807, 2.05) is 0 Å². The highest BCUT2D eigenvalue weighted by Crippen LogP contribution is 2.14. The van der Waals surface area contributed by atoms with Crippen LogP contribution >= 0.6 is 0 Å². The molecule has 0 saturated carbocycles. The molecule has 0 heterocycles. The third-order valence-corrected chi connectivity index (χ3v) is 1.59. The lowest BCUT2D eigenvalue weighted by Crippen LogP contribution is -2.09. The van der Waals surface area contributed by atoms with Gasteiger partial charge in [-0.15, -0.1) is 0 Å². The van der Waals surface area contributed by atoms with Crippen molar-refractivity contribution in [3.63, 3.8) is 0 Å². The summed E-state index contributed by atoms with van der Waals surface area (Å²) >= 11 is 0. The van der Waals surface area contributed by atoms with Gasteiger partial charge in [0.1, 0.15) is 12.0 Å². The number of benzene rings is 1. The Morgan fingerprint density at radius 2 is 2.27 bits per heavy atom. The van der Waals surface area contributed by atoms with Crippen molar-refractivity contribution in [2.75, 3.05) is 6.61 Å². The monoisotopic (exact) mass is 206 g/mol. The lowest BCUT2D eigenvalue weighted by molar-refractivity contribution is -0.139. The number of allylic oxidation sites excluding steroid dienone is 1. The van der Waals surface area contributed by atoms with Crippen molar-refractivity contribution in [2.24, 2.45) is 0 Å². The van der Waals surface area contributed by atoms with Gasteiger partial charge in [-0.2, -0.15) is 0 Å². The number of hydrogen-bond donors (Lipinski definition) is 1. The van der Waals surface area contributed by atoms with E-state index in [2.05, 4.69) is 0 Å². The molecule has 0 atom stereocenters. The van der Waals surface area contributed by atoms with Crippen molar-refractivity contribution >= 4 is 18.3 Å². The quantitative estimate of drug-likeness (QED) is 0.583. The summed E-state index contributed by atoms with van der Waals surface area (Å²) in [7, 11) is 0. The molecule has 0 aliphatic carbocycles. The molecule has 1 rings (SSSR count). The number of carboxylic acid groups (broad SMARTS) is 1. The Morgan fingerprint density at radius 1 is 1.47 bits per heavy atom. The summed E-state index contributed by atoms with van der Waals surface area (Å²) in [6.45, 7) is -0.374. The number of carbonyl (C=O) groups is 2. The minimum Gasteiger partial charge on any atom is -0.482 e. The van der Waals surface area contributed by atoms with Crippen LogP contribution in [0.2, 0.25) is 0 Å². The highest BCUT2D eigenvalue weighted by atomic mass is 16.5. The van der Waals surface area contributed by atoms with Gasteiger partial charge in [0.25, 0.3) is 0 Å². The SMILES string of the molecule is O=C/C=C/c1cccc(OCC(=O)O)c1. The van der Waals surface area contributed by atoms with Crippen LogP contribution in [0.5, 0.6) is 5.75 Å². The zero-order chi connectivity index (χ0) is 11.1. The summed E-state index contributed by atoms with van der Waals surface area (Å²) in [4.78, 5) is 20.3. The maximum absolute atomic E-state index is 10.2. The number of ether oxygens (including phenoxy) is 1. The topological polar surface area (TPSA) is 63.6 Å². The Kier molecular flexibility index (Phi) is 4.09. The van der Waals surface area contributed by atoms with E-state index in [1.165, 1.54) is 6.08 Å². The summed E-state index contributed by atoms with van der Waals surface area (Å²) < 4.78 is 4.97. The Hall–Kier alpha value is -2.10. The van der Waals surface area contributed by atoms with Crippen LogP contribution in [0.4, 0.5) is 0 Å². The molecule has 1 aromatic rings. The lowest BCUT2D eigenvalue weighted by Gasteiger charge is -2.03. The van der Waals surface area contributed by atoms with E-state index in [-0.39, 0.29) is 6.61 Å². The normalized spacial score (nSPS) is 10.1. The second kappa shape index (κ2) is 5.59. The molecule has 0 unspecified atom stereocenters. The Morgan fingerprint density at radius 3 is 2.93 bits per heavy atom. The van der Waals surface area contributed by atoms with Gasteiger partial charge in [0.2, 0.25) is 0 Å². The average molecular weight is 206 g/mol. The van der Waals surface area contributed by atoms with E-state index >= 15 is 0 Å². The molecule has 0 bridgehead atoms. The molecule has 78 valence electrons. The van der Waals surface area contributed by atoms with Gasteiger partial charge in [0, 0.05) is 0 Å². The van der Waals surface area contributed by atoms with Gasteiger partial charge in [-0.1, -0.05) is 18.2 Å². The molecular formula is C11H10O4. The van der Waals surface area contributed by atoms with E-state index in [0.29, 0.717) is 12.0 Å². The molecular weight excluding hydrogens is 196 g/mol. The van der Waals surface area contributed by atoms with Crippen LogP contribution in [0.15, 0.2) is 30.3 Å². The highest BCUT2D eigenvalue weighted by molar-refractivity contribution is 5.74. The first-order valence-corrected chi connectivity index (χ1v) is 4.29. The fourth-order valence-corrected chi connectivity index (χ4v) is 1.00.